The lowest BCUT2D eigenvalue weighted by Gasteiger charge is -2.35. The molecule has 16 heavy (non-hydrogen) atoms. The molecule has 94 valence electrons. The fourth-order valence-corrected chi connectivity index (χ4v) is 1.87. The van der Waals surface area contributed by atoms with Gasteiger partial charge in [0.15, 0.2) is 0 Å². The Hall–Kier alpha value is -0.610. The summed E-state index contributed by atoms with van der Waals surface area (Å²) < 4.78 is 5.48. The maximum Gasteiger partial charge on any atom is 0.222 e. The van der Waals surface area contributed by atoms with Crippen LogP contribution in [0.25, 0.3) is 0 Å². The number of amides is 1. The number of ether oxygens (including phenoxy) is 1. The van der Waals surface area contributed by atoms with Crippen LogP contribution in [0, 0.1) is 0 Å². The summed E-state index contributed by atoms with van der Waals surface area (Å²) >= 11 is 0. The normalized spacial score (nSPS) is 23.9. The van der Waals surface area contributed by atoms with Crippen molar-refractivity contribution in [2.24, 2.45) is 0 Å². The zero-order valence-corrected chi connectivity index (χ0v) is 10.7. The highest BCUT2D eigenvalue weighted by atomic mass is 16.5. The van der Waals surface area contributed by atoms with Crippen molar-refractivity contribution in [3.05, 3.63) is 0 Å². The largest absolute Gasteiger partial charge is 0.378 e. The van der Waals surface area contributed by atoms with Crippen molar-refractivity contribution in [2.75, 3.05) is 27.2 Å². The van der Waals surface area contributed by atoms with Gasteiger partial charge in [0.25, 0.3) is 0 Å². The van der Waals surface area contributed by atoms with E-state index in [1.54, 1.807) is 19.0 Å². The van der Waals surface area contributed by atoms with E-state index in [0.29, 0.717) is 18.6 Å². The van der Waals surface area contributed by atoms with E-state index in [0.717, 1.165) is 32.4 Å². The summed E-state index contributed by atoms with van der Waals surface area (Å²) in [6.45, 7) is 3.78. The molecule has 1 fully saturated rings. The molecule has 1 saturated carbocycles. The topological polar surface area (TPSA) is 41.6 Å². The first-order valence-electron chi connectivity index (χ1n) is 6.18. The molecule has 4 nitrogen and oxygen atoms in total. The molecule has 0 aliphatic heterocycles. The van der Waals surface area contributed by atoms with Crippen molar-refractivity contribution in [3.8, 4) is 0 Å². The van der Waals surface area contributed by atoms with E-state index in [4.69, 9.17) is 4.74 Å². The van der Waals surface area contributed by atoms with Crippen molar-refractivity contribution in [3.63, 3.8) is 0 Å². The van der Waals surface area contributed by atoms with Crippen molar-refractivity contribution < 1.29 is 9.53 Å². The molecule has 0 aromatic heterocycles. The number of hydrogen-bond acceptors (Lipinski definition) is 3. The van der Waals surface area contributed by atoms with E-state index in [-0.39, 0.29) is 5.91 Å². The molecule has 1 aliphatic carbocycles. The minimum absolute atomic E-state index is 0.211. The second kappa shape index (κ2) is 6.86. The Balaban J connectivity index is 1.92. The van der Waals surface area contributed by atoms with E-state index in [9.17, 15) is 4.79 Å². The van der Waals surface area contributed by atoms with E-state index in [1.165, 1.54) is 0 Å². The van der Waals surface area contributed by atoms with Crippen LogP contribution >= 0.6 is 0 Å². The van der Waals surface area contributed by atoms with Crippen molar-refractivity contribution in [2.45, 2.75) is 44.8 Å². The predicted octanol–water partition coefficient (Wildman–Crippen LogP) is 1.01. The minimum atomic E-state index is 0.211. The van der Waals surface area contributed by atoms with E-state index in [1.807, 2.05) is 6.92 Å². The molecular formula is C12H24N2O2. The van der Waals surface area contributed by atoms with E-state index < -0.39 is 0 Å². The van der Waals surface area contributed by atoms with Crippen LogP contribution in [0.5, 0.6) is 0 Å². The zero-order chi connectivity index (χ0) is 12.0. The Kier molecular flexibility index (Phi) is 5.77. The Morgan fingerprint density at radius 2 is 2.12 bits per heavy atom. The third-order valence-electron chi connectivity index (χ3n) is 3.00. The Morgan fingerprint density at radius 1 is 1.44 bits per heavy atom. The smallest absolute Gasteiger partial charge is 0.222 e. The monoisotopic (exact) mass is 228 g/mol. The quantitative estimate of drug-likeness (QED) is 0.661. The van der Waals surface area contributed by atoms with Gasteiger partial charge in [-0.25, -0.2) is 0 Å². The van der Waals surface area contributed by atoms with Crippen molar-refractivity contribution in [1.82, 2.24) is 10.2 Å². The van der Waals surface area contributed by atoms with Gasteiger partial charge in [-0.05, 0) is 32.7 Å². The summed E-state index contributed by atoms with van der Waals surface area (Å²) in [4.78, 5) is 12.9. The molecule has 4 heteroatoms. The standard InChI is InChI=1S/C12H24N2O2/c1-4-16-11-8-10(9-11)13-7-5-6-12(15)14(2)3/h10-11,13H,4-9H2,1-3H3. The van der Waals surface area contributed by atoms with Gasteiger partial charge >= 0.3 is 0 Å². The lowest BCUT2D eigenvalue weighted by molar-refractivity contribution is -0.128. The van der Waals surface area contributed by atoms with Crippen LogP contribution < -0.4 is 5.32 Å². The van der Waals surface area contributed by atoms with Crippen molar-refractivity contribution >= 4 is 5.91 Å². The van der Waals surface area contributed by atoms with E-state index in [2.05, 4.69) is 5.32 Å². The molecule has 0 heterocycles. The second-order valence-electron chi connectivity index (χ2n) is 4.59. The van der Waals surface area contributed by atoms with Crippen LogP contribution in [0.15, 0.2) is 0 Å². The molecule has 0 bridgehead atoms. The molecule has 1 N–H and O–H groups in total. The van der Waals surface area contributed by atoms with Gasteiger partial charge in [0.2, 0.25) is 5.91 Å². The zero-order valence-electron chi connectivity index (χ0n) is 10.7. The summed E-state index contributed by atoms with van der Waals surface area (Å²) in [6.07, 6.45) is 4.27. The summed E-state index contributed by atoms with van der Waals surface area (Å²) in [7, 11) is 3.60. The maximum atomic E-state index is 11.3. The summed E-state index contributed by atoms with van der Waals surface area (Å²) in [5, 5.41) is 3.45. The molecular weight excluding hydrogens is 204 g/mol. The lowest BCUT2D eigenvalue weighted by atomic mass is 9.89. The van der Waals surface area contributed by atoms with Crippen LogP contribution in [0.2, 0.25) is 0 Å². The Labute approximate surface area is 98.3 Å². The molecule has 1 amide bonds. The van der Waals surface area contributed by atoms with Gasteiger partial charge < -0.3 is 15.0 Å². The van der Waals surface area contributed by atoms with Crippen LogP contribution in [-0.2, 0) is 9.53 Å². The molecule has 0 saturated heterocycles. The number of carbonyl (C=O) groups is 1. The van der Waals surface area contributed by atoms with Gasteiger partial charge in [-0.15, -0.1) is 0 Å². The molecule has 0 unspecified atom stereocenters. The summed E-state index contributed by atoms with van der Waals surface area (Å²) in [6, 6.07) is 0.603. The average molecular weight is 228 g/mol. The first-order valence-corrected chi connectivity index (χ1v) is 6.18. The third kappa shape index (κ3) is 4.49. The van der Waals surface area contributed by atoms with Gasteiger partial charge in [0.1, 0.15) is 0 Å². The second-order valence-corrected chi connectivity index (χ2v) is 4.59. The maximum absolute atomic E-state index is 11.3. The number of nitrogens with one attached hydrogen (secondary N) is 1. The van der Waals surface area contributed by atoms with Gasteiger partial charge in [-0.1, -0.05) is 0 Å². The lowest BCUT2D eigenvalue weighted by Crippen LogP contribution is -2.45. The number of carbonyl (C=O) groups excluding carboxylic acids is 1. The van der Waals surface area contributed by atoms with Crippen molar-refractivity contribution in [1.29, 1.82) is 0 Å². The fourth-order valence-electron chi connectivity index (χ4n) is 1.87. The highest BCUT2D eigenvalue weighted by Crippen LogP contribution is 2.22. The van der Waals surface area contributed by atoms with Crippen LogP contribution in [0.4, 0.5) is 0 Å². The minimum Gasteiger partial charge on any atom is -0.378 e. The first-order chi connectivity index (χ1) is 7.63. The Morgan fingerprint density at radius 3 is 2.69 bits per heavy atom. The highest BCUT2D eigenvalue weighted by Gasteiger charge is 2.28. The predicted molar refractivity (Wildman–Crippen MR) is 64.4 cm³/mol. The van der Waals surface area contributed by atoms with Gasteiger partial charge in [-0.2, -0.15) is 0 Å². The average Bonchev–Trinajstić information content (AvgIpc) is 2.19. The summed E-state index contributed by atoms with van der Waals surface area (Å²) in [5.41, 5.74) is 0. The molecule has 0 radical (unpaired) electrons. The molecule has 1 rings (SSSR count). The van der Waals surface area contributed by atoms with Gasteiger partial charge in [0.05, 0.1) is 6.10 Å². The highest BCUT2D eigenvalue weighted by molar-refractivity contribution is 5.75. The Bertz CT molecular complexity index is 213. The number of hydrogen-bond donors (Lipinski definition) is 1. The fraction of sp³-hybridized carbons (Fsp3) is 0.917. The molecule has 0 atom stereocenters. The first kappa shape index (κ1) is 13.5. The molecule has 1 aliphatic rings. The van der Waals surface area contributed by atoms with Crippen LogP contribution in [-0.4, -0.2) is 50.2 Å². The molecule has 0 spiro atoms. The number of rotatable bonds is 7. The van der Waals surface area contributed by atoms with E-state index >= 15 is 0 Å². The number of nitrogens with zero attached hydrogens (tertiary/aromatic N) is 1. The third-order valence-corrected chi connectivity index (χ3v) is 3.00. The van der Waals surface area contributed by atoms with Crippen LogP contribution in [0.1, 0.15) is 32.6 Å². The molecule has 0 aromatic rings. The van der Waals surface area contributed by atoms with Gasteiger partial charge in [-0.3, -0.25) is 4.79 Å². The SMILES string of the molecule is CCOC1CC(NCCCC(=O)N(C)C)C1. The molecule has 0 aromatic carbocycles. The van der Waals surface area contributed by atoms with Gasteiger partial charge in [0, 0.05) is 33.2 Å². The summed E-state index contributed by atoms with van der Waals surface area (Å²) in [5.74, 6) is 0.211. The van der Waals surface area contributed by atoms with Crippen LogP contribution in [0.3, 0.4) is 0 Å².